The van der Waals surface area contributed by atoms with Gasteiger partial charge >= 0.3 is 0 Å². The highest BCUT2D eigenvalue weighted by Gasteiger charge is 2.01. The summed E-state index contributed by atoms with van der Waals surface area (Å²) in [6.07, 6.45) is 3.54. The topological polar surface area (TPSA) is 48.1 Å². The summed E-state index contributed by atoms with van der Waals surface area (Å²) in [5, 5.41) is 0. The first-order valence-electron chi connectivity index (χ1n) is 5.61. The quantitative estimate of drug-likeness (QED) is 0.874. The van der Waals surface area contributed by atoms with E-state index in [1.807, 2.05) is 30.3 Å². The molecule has 3 nitrogen and oxygen atoms in total. The Labute approximate surface area is 101 Å². The zero-order chi connectivity index (χ0) is 12.1. The van der Waals surface area contributed by atoms with Gasteiger partial charge in [-0.3, -0.25) is 4.98 Å². The van der Waals surface area contributed by atoms with Gasteiger partial charge in [-0.15, -0.1) is 0 Å². The van der Waals surface area contributed by atoms with E-state index in [1.165, 1.54) is 5.56 Å². The molecule has 0 saturated heterocycles. The van der Waals surface area contributed by atoms with Crippen LogP contribution in [0.25, 0.3) is 0 Å². The molecule has 0 unspecified atom stereocenters. The molecule has 1 heterocycles. The average molecular weight is 228 g/mol. The molecule has 1 aromatic heterocycles. The van der Waals surface area contributed by atoms with Crippen molar-refractivity contribution >= 4 is 0 Å². The molecule has 0 amide bonds. The highest BCUT2D eigenvalue weighted by molar-refractivity contribution is 5.28. The van der Waals surface area contributed by atoms with E-state index in [-0.39, 0.29) is 0 Å². The molecule has 0 spiro atoms. The molecular formula is C14H16N2O. The maximum absolute atomic E-state index is 5.71. The van der Waals surface area contributed by atoms with Crippen LogP contribution in [0.15, 0.2) is 42.7 Å². The van der Waals surface area contributed by atoms with Crippen molar-refractivity contribution in [2.75, 3.05) is 0 Å². The minimum absolute atomic E-state index is 0.487. The molecule has 0 radical (unpaired) electrons. The Balaban J connectivity index is 2.04. The van der Waals surface area contributed by atoms with Crippen molar-refractivity contribution in [3.63, 3.8) is 0 Å². The summed E-state index contributed by atoms with van der Waals surface area (Å²) in [6.45, 7) is 3.07. The van der Waals surface area contributed by atoms with Crippen LogP contribution in [0.3, 0.4) is 0 Å². The molecule has 2 N–H and O–H groups in total. The molecule has 0 bridgehead atoms. The van der Waals surface area contributed by atoms with Crippen LogP contribution < -0.4 is 10.5 Å². The lowest BCUT2D eigenvalue weighted by Gasteiger charge is -2.09. The number of hydrogen-bond acceptors (Lipinski definition) is 3. The molecule has 0 saturated carbocycles. The minimum atomic E-state index is 0.487. The Morgan fingerprint density at radius 1 is 1.12 bits per heavy atom. The average Bonchev–Trinajstić information content (AvgIpc) is 2.38. The zero-order valence-corrected chi connectivity index (χ0v) is 9.89. The van der Waals surface area contributed by atoms with Crippen LogP contribution in [0.2, 0.25) is 0 Å². The maximum atomic E-state index is 5.71. The number of aromatic nitrogens is 1. The molecule has 17 heavy (non-hydrogen) atoms. The number of rotatable bonds is 4. The van der Waals surface area contributed by atoms with Crippen LogP contribution in [-0.4, -0.2) is 4.98 Å². The molecule has 0 aliphatic rings. The molecule has 0 aliphatic carbocycles. The minimum Gasteiger partial charge on any atom is -0.489 e. The van der Waals surface area contributed by atoms with Crippen molar-refractivity contribution in [2.45, 2.75) is 20.1 Å². The van der Waals surface area contributed by atoms with E-state index in [0.29, 0.717) is 13.2 Å². The van der Waals surface area contributed by atoms with E-state index >= 15 is 0 Å². The summed E-state index contributed by atoms with van der Waals surface area (Å²) in [6, 6.07) is 9.95. The number of pyridine rings is 1. The van der Waals surface area contributed by atoms with Crippen molar-refractivity contribution in [1.29, 1.82) is 0 Å². The van der Waals surface area contributed by atoms with Gasteiger partial charge in [0.25, 0.3) is 0 Å². The fourth-order valence-electron chi connectivity index (χ4n) is 1.58. The van der Waals surface area contributed by atoms with Crippen LogP contribution in [0.5, 0.6) is 5.75 Å². The summed E-state index contributed by atoms with van der Waals surface area (Å²) < 4.78 is 5.71. The number of benzene rings is 1. The maximum Gasteiger partial charge on any atom is 0.119 e. The van der Waals surface area contributed by atoms with Gasteiger partial charge in [0.15, 0.2) is 0 Å². The van der Waals surface area contributed by atoms with Crippen molar-refractivity contribution in [2.24, 2.45) is 5.73 Å². The van der Waals surface area contributed by atoms with Gasteiger partial charge in [0.05, 0.1) is 0 Å². The Bertz CT molecular complexity index is 480. The van der Waals surface area contributed by atoms with Gasteiger partial charge in [-0.1, -0.05) is 17.7 Å². The van der Waals surface area contributed by atoms with Crippen LogP contribution in [0, 0.1) is 6.92 Å². The molecular weight excluding hydrogens is 212 g/mol. The lowest BCUT2D eigenvalue weighted by Crippen LogP contribution is -2.05. The van der Waals surface area contributed by atoms with Crippen LogP contribution >= 0.6 is 0 Å². The third-order valence-electron chi connectivity index (χ3n) is 2.64. The van der Waals surface area contributed by atoms with Gasteiger partial charge in [-0.2, -0.15) is 0 Å². The molecule has 1 aromatic carbocycles. The Morgan fingerprint density at radius 3 is 2.59 bits per heavy atom. The molecule has 2 rings (SSSR count). The lowest BCUT2D eigenvalue weighted by atomic mass is 10.1. The predicted molar refractivity (Wildman–Crippen MR) is 67.6 cm³/mol. The zero-order valence-electron chi connectivity index (χ0n) is 9.89. The number of nitrogens with zero attached hydrogens (tertiary/aromatic N) is 1. The van der Waals surface area contributed by atoms with Gasteiger partial charge in [0.2, 0.25) is 0 Å². The van der Waals surface area contributed by atoms with E-state index < -0.39 is 0 Å². The summed E-state index contributed by atoms with van der Waals surface area (Å²) in [5.74, 6) is 0.871. The van der Waals surface area contributed by atoms with Crippen LogP contribution in [0.1, 0.15) is 16.7 Å². The van der Waals surface area contributed by atoms with Gasteiger partial charge < -0.3 is 10.5 Å². The van der Waals surface area contributed by atoms with Crippen molar-refractivity contribution in [3.05, 3.63) is 59.4 Å². The molecule has 3 heteroatoms. The lowest BCUT2D eigenvalue weighted by molar-refractivity contribution is 0.305. The van der Waals surface area contributed by atoms with Gasteiger partial charge in [-0.05, 0) is 36.2 Å². The Morgan fingerprint density at radius 2 is 1.88 bits per heavy atom. The monoisotopic (exact) mass is 228 g/mol. The summed E-state index contributed by atoms with van der Waals surface area (Å²) in [5.41, 5.74) is 8.98. The molecule has 2 aromatic rings. The van der Waals surface area contributed by atoms with E-state index in [4.69, 9.17) is 10.5 Å². The number of hydrogen-bond donors (Lipinski definition) is 1. The second kappa shape index (κ2) is 5.46. The fraction of sp³-hybridized carbons (Fsp3) is 0.214. The molecule has 0 fully saturated rings. The summed E-state index contributed by atoms with van der Waals surface area (Å²) in [4.78, 5) is 4.05. The van der Waals surface area contributed by atoms with Crippen molar-refractivity contribution in [1.82, 2.24) is 4.98 Å². The Hall–Kier alpha value is -1.87. The van der Waals surface area contributed by atoms with Gasteiger partial charge in [0.1, 0.15) is 12.4 Å². The second-order valence-corrected chi connectivity index (χ2v) is 3.95. The SMILES string of the molecule is Cc1ccc(OCc2ccncc2CN)cc1. The standard InChI is InChI=1S/C14H16N2O/c1-11-2-4-14(5-3-11)17-10-12-6-7-16-9-13(12)8-15/h2-7,9H,8,10,15H2,1H3. The van der Waals surface area contributed by atoms with Gasteiger partial charge in [-0.25, -0.2) is 0 Å². The van der Waals surface area contributed by atoms with Crippen molar-refractivity contribution in [3.8, 4) is 5.75 Å². The molecule has 0 atom stereocenters. The van der Waals surface area contributed by atoms with Crippen LogP contribution in [0.4, 0.5) is 0 Å². The molecule has 88 valence electrons. The highest BCUT2D eigenvalue weighted by Crippen LogP contribution is 2.15. The van der Waals surface area contributed by atoms with Crippen molar-refractivity contribution < 1.29 is 4.74 Å². The first-order chi connectivity index (χ1) is 8.29. The van der Waals surface area contributed by atoms with E-state index in [2.05, 4.69) is 11.9 Å². The summed E-state index contributed by atoms with van der Waals surface area (Å²) in [7, 11) is 0. The normalized spacial score (nSPS) is 10.2. The fourth-order valence-corrected chi connectivity index (χ4v) is 1.58. The summed E-state index contributed by atoms with van der Waals surface area (Å²) >= 11 is 0. The van der Waals surface area contributed by atoms with Gasteiger partial charge in [0, 0.05) is 18.9 Å². The highest BCUT2D eigenvalue weighted by atomic mass is 16.5. The number of nitrogens with two attached hydrogens (primary N) is 1. The molecule has 0 aliphatic heterocycles. The van der Waals surface area contributed by atoms with E-state index in [0.717, 1.165) is 16.9 Å². The number of aryl methyl sites for hydroxylation is 1. The van der Waals surface area contributed by atoms with E-state index in [1.54, 1.807) is 12.4 Å². The Kier molecular flexibility index (Phi) is 3.73. The first-order valence-corrected chi connectivity index (χ1v) is 5.61. The predicted octanol–water partition coefficient (Wildman–Crippen LogP) is 2.43. The smallest absolute Gasteiger partial charge is 0.119 e. The first kappa shape index (κ1) is 11.6. The number of ether oxygens (including phenoxy) is 1. The third-order valence-corrected chi connectivity index (χ3v) is 2.64. The largest absolute Gasteiger partial charge is 0.489 e. The third kappa shape index (κ3) is 3.04. The second-order valence-electron chi connectivity index (χ2n) is 3.95. The van der Waals surface area contributed by atoms with Crippen LogP contribution in [-0.2, 0) is 13.2 Å². The van der Waals surface area contributed by atoms with E-state index in [9.17, 15) is 0 Å².